The number of aliphatic hydroxyl groups is 2. The first-order valence-corrected chi connectivity index (χ1v) is 13.0. The Bertz CT molecular complexity index is 819. The highest BCUT2D eigenvalue weighted by molar-refractivity contribution is 7.55. The summed E-state index contributed by atoms with van der Waals surface area (Å²) in [5, 5.41) is 19.4. The molecule has 0 saturated carbocycles. The van der Waals surface area contributed by atoms with Crippen molar-refractivity contribution in [3.05, 3.63) is 23.8 Å². The predicted molar refractivity (Wildman–Crippen MR) is 118 cm³/mol. The van der Waals surface area contributed by atoms with Crippen LogP contribution in [0.15, 0.2) is 23.8 Å². The topological polar surface area (TPSA) is 236 Å². The molecule has 2 rings (SSSR count). The third kappa shape index (κ3) is 10.9. The Morgan fingerprint density at radius 2 is 1.29 bits per heavy atom. The van der Waals surface area contributed by atoms with Gasteiger partial charge in [0.15, 0.2) is 5.78 Å². The highest BCUT2D eigenvalue weighted by atomic mass is 31.2. The minimum absolute atomic E-state index is 0.131. The molecule has 18 heteroatoms. The Hall–Kier alpha value is -0.700. The van der Waals surface area contributed by atoms with Crippen molar-refractivity contribution in [2.45, 2.75) is 55.6 Å². The molecule has 2 unspecified atom stereocenters. The molecule has 2 fully saturated rings. The lowest BCUT2D eigenvalue weighted by Gasteiger charge is -2.17. The molecular formula is C16H27B2NO13P2. The van der Waals surface area contributed by atoms with E-state index in [0.717, 1.165) is 12.2 Å². The van der Waals surface area contributed by atoms with Crippen LogP contribution in [0.2, 0.25) is 0 Å². The summed E-state index contributed by atoms with van der Waals surface area (Å²) in [4.78, 5) is 45.3. The first kappa shape index (κ1) is 31.3. The van der Waals surface area contributed by atoms with Crippen molar-refractivity contribution in [1.29, 1.82) is 0 Å². The van der Waals surface area contributed by atoms with E-state index in [9.17, 15) is 24.1 Å². The van der Waals surface area contributed by atoms with Crippen molar-refractivity contribution in [2.24, 2.45) is 5.73 Å². The lowest BCUT2D eigenvalue weighted by atomic mass is 9.93. The molecular weight excluding hydrogens is 498 g/mol. The maximum absolute atomic E-state index is 10.7. The van der Waals surface area contributed by atoms with Gasteiger partial charge in [0.05, 0.1) is 6.73 Å². The second kappa shape index (κ2) is 13.6. The summed E-state index contributed by atoms with van der Waals surface area (Å²) in [6.07, 6.45) is -3.84. The Balaban J connectivity index is 0.000000342. The van der Waals surface area contributed by atoms with Gasteiger partial charge in [-0.15, -0.1) is 0 Å². The van der Waals surface area contributed by atoms with Crippen LogP contribution in [0.1, 0.15) is 6.92 Å². The monoisotopic (exact) mass is 525 g/mol. The molecule has 190 valence electrons. The summed E-state index contributed by atoms with van der Waals surface area (Å²) in [5.74, 6) is 1.04. The first-order chi connectivity index (χ1) is 15.6. The summed E-state index contributed by atoms with van der Waals surface area (Å²) >= 11 is 0. The minimum atomic E-state index is -4.32. The number of ketones is 1. The van der Waals surface area contributed by atoms with Gasteiger partial charge in [-0.2, -0.15) is 0 Å². The van der Waals surface area contributed by atoms with Gasteiger partial charge >= 0.3 is 15.2 Å². The highest BCUT2D eigenvalue weighted by Crippen LogP contribution is 2.38. The zero-order chi connectivity index (χ0) is 26.3. The van der Waals surface area contributed by atoms with Gasteiger partial charge in [0.2, 0.25) is 0 Å². The average molecular weight is 525 g/mol. The molecule has 0 aromatic carbocycles. The summed E-state index contributed by atoms with van der Waals surface area (Å²) in [5.41, 5.74) is 5.13. The molecule has 4 radical (unpaired) electrons. The summed E-state index contributed by atoms with van der Waals surface area (Å²) in [6.45, 7) is 0.973. The molecule has 0 amide bonds. The van der Waals surface area contributed by atoms with E-state index in [1.807, 2.05) is 0 Å². The Morgan fingerprint density at radius 1 is 0.912 bits per heavy atom. The van der Waals surface area contributed by atoms with Crippen LogP contribution >= 0.6 is 15.2 Å². The molecule has 0 aromatic rings. The molecule has 2 heterocycles. The normalized spacial score (nSPS) is 34.5. The molecule has 2 aliphatic rings. The van der Waals surface area contributed by atoms with Gasteiger partial charge in [0.25, 0.3) is 0 Å². The third-order valence-corrected chi connectivity index (χ3v) is 5.45. The highest BCUT2D eigenvalue weighted by Gasteiger charge is 2.41. The molecule has 2 saturated heterocycles. The smallest absolute Gasteiger partial charge is 0.348 e. The predicted octanol–water partition coefficient (Wildman–Crippen LogP) is -2.86. The van der Waals surface area contributed by atoms with Crippen LogP contribution in [0.25, 0.3) is 0 Å². The van der Waals surface area contributed by atoms with Crippen molar-refractivity contribution >= 4 is 36.7 Å². The second-order valence-corrected chi connectivity index (χ2v) is 10.2. The van der Waals surface area contributed by atoms with Crippen molar-refractivity contribution in [2.75, 3.05) is 13.3 Å². The molecule has 8 N–H and O–H groups in total. The fourth-order valence-corrected chi connectivity index (χ4v) is 3.65. The van der Waals surface area contributed by atoms with Crippen LogP contribution < -0.4 is 5.73 Å². The van der Waals surface area contributed by atoms with Crippen LogP contribution in [0, 0.1) is 0 Å². The number of hydrogen-bond acceptors (Lipinski definition) is 10. The Labute approximate surface area is 198 Å². The van der Waals surface area contributed by atoms with Crippen LogP contribution in [0.4, 0.5) is 0 Å². The van der Waals surface area contributed by atoms with E-state index in [2.05, 4.69) is 0 Å². The van der Waals surface area contributed by atoms with Gasteiger partial charge < -0.3 is 54.5 Å². The van der Waals surface area contributed by atoms with E-state index >= 15 is 0 Å². The van der Waals surface area contributed by atoms with Gasteiger partial charge in [-0.25, -0.2) is 0 Å². The largest absolute Gasteiger partial charge is 0.387 e. The van der Waals surface area contributed by atoms with Crippen molar-refractivity contribution in [3.8, 4) is 0 Å². The number of nitrogens with two attached hydrogens (primary N) is 1. The summed E-state index contributed by atoms with van der Waals surface area (Å²) in [6, 6.07) is -1.85. The van der Waals surface area contributed by atoms with E-state index < -0.39 is 63.8 Å². The third-order valence-electron chi connectivity index (χ3n) is 4.33. The Morgan fingerprint density at radius 3 is 1.62 bits per heavy atom. The molecule has 0 aromatic heterocycles. The summed E-state index contributed by atoms with van der Waals surface area (Å²) < 4.78 is 41.3. The molecule has 0 spiro atoms. The number of Topliss-reactive ketones (excluding diaryl/α,β-unsaturated/α-hetero) is 1. The van der Waals surface area contributed by atoms with Crippen molar-refractivity contribution in [3.63, 3.8) is 0 Å². The van der Waals surface area contributed by atoms with Crippen LogP contribution in [-0.2, 0) is 32.9 Å². The van der Waals surface area contributed by atoms with Crippen molar-refractivity contribution < 1.29 is 62.7 Å². The van der Waals surface area contributed by atoms with Crippen LogP contribution in [-0.4, -0.2) is 113 Å². The Kier molecular flexibility index (Phi) is 12.5. The number of ether oxygens (including phenoxy) is 4. The van der Waals surface area contributed by atoms with E-state index in [0.29, 0.717) is 11.6 Å². The van der Waals surface area contributed by atoms with E-state index in [1.165, 1.54) is 6.92 Å². The molecule has 8 atom stereocenters. The van der Waals surface area contributed by atoms with E-state index in [1.54, 1.807) is 0 Å². The van der Waals surface area contributed by atoms with Crippen molar-refractivity contribution in [1.82, 2.24) is 0 Å². The standard InChI is InChI=1S/C9H14BO7P.C7H13BNO6P/c1-5(11)4-16-8-7(12)6(17-9(8)10)2-3-18(13,14)15;8-7-6(14-3-9)5(10)4(15-7)1-2-16(11,12)13/h2-3,6-9,12H,4H2,1H3,(H2,13,14,15);1-2,4-7,10H,3,9H2,(H2,11,12,13)/b3-2+;2-1+/t6-,7+,8?,9-;4-,5+,6?,7-/m11/s1. The zero-order valence-electron chi connectivity index (χ0n) is 18.0. The van der Waals surface area contributed by atoms with E-state index in [4.69, 9.17) is 59.9 Å². The fourth-order valence-electron chi connectivity index (χ4n) is 2.87. The number of carbonyl (C=O) groups excluding carboxylic acids is 1. The van der Waals surface area contributed by atoms with Gasteiger partial charge in [-0.1, -0.05) is 0 Å². The second-order valence-electron chi connectivity index (χ2n) is 7.25. The molecule has 2 aliphatic heterocycles. The van der Waals surface area contributed by atoms with Gasteiger partial charge in [-0.05, 0) is 19.1 Å². The maximum atomic E-state index is 10.7. The van der Waals surface area contributed by atoms with Crippen LogP contribution in [0.3, 0.4) is 0 Å². The van der Waals surface area contributed by atoms with Gasteiger partial charge in [0.1, 0.15) is 58.9 Å². The fraction of sp³-hybridized carbons (Fsp3) is 0.688. The minimum Gasteiger partial charge on any atom is -0.387 e. The lowest BCUT2D eigenvalue weighted by Crippen LogP contribution is -2.36. The van der Waals surface area contributed by atoms with Crippen LogP contribution in [0.5, 0.6) is 0 Å². The van der Waals surface area contributed by atoms with Gasteiger partial charge in [0, 0.05) is 23.6 Å². The maximum Gasteiger partial charge on any atom is 0.348 e. The number of carbonyl (C=O) groups is 1. The average Bonchev–Trinajstić information content (AvgIpc) is 3.12. The zero-order valence-corrected chi connectivity index (χ0v) is 19.8. The molecule has 14 nitrogen and oxygen atoms in total. The number of hydrogen-bond donors (Lipinski definition) is 7. The molecule has 0 aliphatic carbocycles. The quantitative estimate of drug-likeness (QED) is 0.0912. The summed E-state index contributed by atoms with van der Waals surface area (Å²) in [7, 11) is 2.43. The van der Waals surface area contributed by atoms with Gasteiger partial charge in [-0.3, -0.25) is 13.9 Å². The number of aliphatic hydroxyl groups excluding tert-OH is 2. The van der Waals surface area contributed by atoms with E-state index in [-0.39, 0.29) is 19.1 Å². The molecule has 34 heavy (non-hydrogen) atoms. The first-order valence-electron chi connectivity index (χ1n) is 9.66. The SMILES string of the molecule is [B][C@@H]1O[C@H](/C=C/P(=O)(O)O)[C@H](O)C1OCC(C)=O.[B][C@@H]1O[C@H](/C=C/P(=O)(O)O)[C@H](O)C1OCN. The number of rotatable bonds is 9. The lowest BCUT2D eigenvalue weighted by molar-refractivity contribution is -0.125. The molecule has 0 bridgehead atoms.